The SMILES string of the molecule is Cc1cc(C)cc(C(=O)N2CCN(C(=O)CCC(=O)c3ccc(Br)cc3)CC2)c1. The van der Waals surface area contributed by atoms with Crippen LogP contribution in [0.4, 0.5) is 0 Å². The summed E-state index contributed by atoms with van der Waals surface area (Å²) in [5, 5.41) is 0. The second-order valence-electron chi connectivity index (χ2n) is 7.48. The van der Waals surface area contributed by atoms with Gasteiger partial charge in [0.05, 0.1) is 0 Å². The number of ketones is 1. The molecule has 0 radical (unpaired) electrons. The molecule has 0 aliphatic carbocycles. The summed E-state index contributed by atoms with van der Waals surface area (Å²) in [6.45, 7) is 5.99. The maximum absolute atomic E-state index is 12.8. The van der Waals surface area contributed by atoms with E-state index in [4.69, 9.17) is 0 Å². The van der Waals surface area contributed by atoms with Crippen molar-refractivity contribution in [2.24, 2.45) is 0 Å². The molecule has 0 unspecified atom stereocenters. The van der Waals surface area contributed by atoms with Gasteiger partial charge < -0.3 is 9.80 Å². The molecule has 1 aliphatic rings. The molecular formula is C23H25BrN2O3. The minimum absolute atomic E-state index is 0.00863. The van der Waals surface area contributed by atoms with Crippen molar-refractivity contribution in [3.63, 3.8) is 0 Å². The van der Waals surface area contributed by atoms with Gasteiger partial charge in [0.25, 0.3) is 5.91 Å². The van der Waals surface area contributed by atoms with Crippen LogP contribution in [0, 0.1) is 13.8 Å². The van der Waals surface area contributed by atoms with E-state index in [0.717, 1.165) is 15.6 Å². The van der Waals surface area contributed by atoms with Crippen molar-refractivity contribution in [2.75, 3.05) is 26.2 Å². The third-order valence-electron chi connectivity index (χ3n) is 5.12. The fourth-order valence-electron chi connectivity index (χ4n) is 3.60. The molecule has 2 aromatic rings. The number of benzene rings is 2. The van der Waals surface area contributed by atoms with E-state index in [2.05, 4.69) is 15.9 Å². The number of carbonyl (C=O) groups excluding carboxylic acids is 3. The lowest BCUT2D eigenvalue weighted by Gasteiger charge is -2.35. The van der Waals surface area contributed by atoms with Crippen molar-refractivity contribution in [1.82, 2.24) is 9.80 Å². The van der Waals surface area contributed by atoms with Crippen LogP contribution in [0.3, 0.4) is 0 Å². The monoisotopic (exact) mass is 456 g/mol. The Bertz CT molecular complexity index is 896. The molecule has 0 aromatic heterocycles. The molecule has 5 nitrogen and oxygen atoms in total. The molecule has 2 amide bonds. The number of piperazine rings is 1. The first-order valence-corrected chi connectivity index (χ1v) is 10.6. The van der Waals surface area contributed by atoms with Crippen molar-refractivity contribution in [3.8, 4) is 0 Å². The fourth-order valence-corrected chi connectivity index (χ4v) is 3.86. The Hall–Kier alpha value is -2.47. The molecule has 29 heavy (non-hydrogen) atoms. The summed E-state index contributed by atoms with van der Waals surface area (Å²) >= 11 is 3.35. The molecule has 1 saturated heterocycles. The van der Waals surface area contributed by atoms with Crippen LogP contribution in [-0.4, -0.2) is 53.6 Å². The van der Waals surface area contributed by atoms with Gasteiger partial charge in [-0.05, 0) is 38.1 Å². The van der Waals surface area contributed by atoms with Gasteiger partial charge >= 0.3 is 0 Å². The van der Waals surface area contributed by atoms with E-state index in [1.807, 2.05) is 44.2 Å². The summed E-state index contributed by atoms with van der Waals surface area (Å²) in [7, 11) is 0. The zero-order chi connectivity index (χ0) is 21.0. The van der Waals surface area contributed by atoms with Crippen LogP contribution in [0.25, 0.3) is 0 Å². The van der Waals surface area contributed by atoms with Crippen LogP contribution in [0.15, 0.2) is 46.9 Å². The van der Waals surface area contributed by atoms with Crippen LogP contribution >= 0.6 is 15.9 Å². The van der Waals surface area contributed by atoms with E-state index in [9.17, 15) is 14.4 Å². The molecule has 0 N–H and O–H groups in total. The molecule has 1 fully saturated rings. The van der Waals surface area contributed by atoms with Gasteiger partial charge in [-0.3, -0.25) is 14.4 Å². The Morgan fingerprint density at radius 1 is 0.793 bits per heavy atom. The summed E-state index contributed by atoms with van der Waals surface area (Å²) < 4.78 is 0.915. The minimum atomic E-state index is -0.0334. The molecule has 0 atom stereocenters. The zero-order valence-corrected chi connectivity index (χ0v) is 18.4. The number of hydrogen-bond donors (Lipinski definition) is 0. The predicted molar refractivity (Wildman–Crippen MR) is 116 cm³/mol. The van der Waals surface area contributed by atoms with Gasteiger partial charge in [0, 0.05) is 54.6 Å². The Labute approximate surface area is 179 Å². The first-order valence-electron chi connectivity index (χ1n) is 9.77. The van der Waals surface area contributed by atoms with Crippen molar-refractivity contribution in [3.05, 3.63) is 69.2 Å². The highest BCUT2D eigenvalue weighted by Crippen LogP contribution is 2.15. The molecule has 1 heterocycles. The second-order valence-corrected chi connectivity index (χ2v) is 8.40. The highest BCUT2D eigenvalue weighted by Gasteiger charge is 2.25. The third kappa shape index (κ3) is 5.54. The Morgan fingerprint density at radius 3 is 1.93 bits per heavy atom. The first kappa shape index (κ1) is 21.2. The number of aryl methyl sites for hydroxylation is 2. The van der Waals surface area contributed by atoms with Crippen molar-refractivity contribution < 1.29 is 14.4 Å². The summed E-state index contributed by atoms with van der Waals surface area (Å²) in [4.78, 5) is 41.0. The number of Topliss-reactive ketones (excluding diaryl/α,β-unsaturated/α-hetero) is 1. The average molecular weight is 457 g/mol. The number of nitrogens with zero attached hydrogens (tertiary/aromatic N) is 2. The van der Waals surface area contributed by atoms with Crippen LogP contribution < -0.4 is 0 Å². The number of hydrogen-bond acceptors (Lipinski definition) is 3. The molecule has 6 heteroatoms. The largest absolute Gasteiger partial charge is 0.339 e. The molecule has 152 valence electrons. The molecule has 0 bridgehead atoms. The number of rotatable bonds is 5. The molecule has 2 aromatic carbocycles. The Balaban J connectivity index is 1.49. The molecule has 0 spiro atoms. The summed E-state index contributed by atoms with van der Waals surface area (Å²) in [6, 6.07) is 13.0. The van der Waals surface area contributed by atoms with Gasteiger partial charge in [0.15, 0.2) is 5.78 Å². The zero-order valence-electron chi connectivity index (χ0n) is 16.8. The number of halogens is 1. The van der Waals surface area contributed by atoms with Gasteiger partial charge in [0.1, 0.15) is 0 Å². The van der Waals surface area contributed by atoms with E-state index in [1.54, 1.807) is 21.9 Å². The van der Waals surface area contributed by atoms with Crippen LogP contribution in [0.1, 0.15) is 44.7 Å². The van der Waals surface area contributed by atoms with E-state index in [0.29, 0.717) is 37.3 Å². The van der Waals surface area contributed by atoms with Gasteiger partial charge in [-0.25, -0.2) is 0 Å². The van der Waals surface area contributed by atoms with Gasteiger partial charge in [0.2, 0.25) is 5.91 Å². The van der Waals surface area contributed by atoms with Crippen LogP contribution in [0.2, 0.25) is 0 Å². The van der Waals surface area contributed by atoms with Crippen LogP contribution in [-0.2, 0) is 4.79 Å². The fraction of sp³-hybridized carbons (Fsp3) is 0.348. The molecule has 3 rings (SSSR count). The quantitative estimate of drug-likeness (QED) is 0.638. The van der Waals surface area contributed by atoms with E-state index in [-0.39, 0.29) is 30.4 Å². The van der Waals surface area contributed by atoms with E-state index < -0.39 is 0 Å². The average Bonchev–Trinajstić information content (AvgIpc) is 2.71. The Kier molecular flexibility index (Phi) is 6.85. The first-order chi connectivity index (χ1) is 13.8. The van der Waals surface area contributed by atoms with Gasteiger partial charge in [-0.1, -0.05) is 45.3 Å². The molecular weight excluding hydrogens is 432 g/mol. The van der Waals surface area contributed by atoms with Crippen molar-refractivity contribution in [1.29, 1.82) is 0 Å². The maximum Gasteiger partial charge on any atom is 0.253 e. The van der Waals surface area contributed by atoms with Crippen LogP contribution in [0.5, 0.6) is 0 Å². The topological polar surface area (TPSA) is 57.7 Å². The molecule has 0 saturated carbocycles. The number of amides is 2. The number of carbonyl (C=O) groups is 3. The Morgan fingerprint density at radius 2 is 1.34 bits per heavy atom. The normalized spacial score (nSPS) is 14.0. The van der Waals surface area contributed by atoms with Gasteiger partial charge in [-0.2, -0.15) is 0 Å². The highest BCUT2D eigenvalue weighted by molar-refractivity contribution is 9.10. The summed E-state index contributed by atoms with van der Waals surface area (Å²) in [6.07, 6.45) is 0.391. The van der Waals surface area contributed by atoms with Crippen molar-refractivity contribution >= 4 is 33.5 Å². The third-order valence-corrected chi connectivity index (χ3v) is 5.65. The lowest BCUT2D eigenvalue weighted by atomic mass is 10.1. The summed E-state index contributed by atoms with van der Waals surface area (Å²) in [5.74, 6) is -0.0576. The smallest absolute Gasteiger partial charge is 0.253 e. The van der Waals surface area contributed by atoms with E-state index >= 15 is 0 Å². The summed E-state index contributed by atoms with van der Waals surface area (Å²) in [5.41, 5.74) is 3.45. The second kappa shape index (κ2) is 9.35. The lowest BCUT2D eigenvalue weighted by molar-refractivity contribution is -0.132. The molecule has 1 aliphatic heterocycles. The highest BCUT2D eigenvalue weighted by atomic mass is 79.9. The predicted octanol–water partition coefficient (Wildman–Crippen LogP) is 4.01. The van der Waals surface area contributed by atoms with E-state index in [1.165, 1.54) is 0 Å². The minimum Gasteiger partial charge on any atom is -0.339 e. The standard InChI is InChI=1S/C23H25BrN2O3/c1-16-13-17(2)15-19(14-16)23(29)26-11-9-25(10-12-26)22(28)8-7-21(27)18-3-5-20(24)6-4-18/h3-6,13-15H,7-12H2,1-2H3. The maximum atomic E-state index is 12.8. The lowest BCUT2D eigenvalue weighted by Crippen LogP contribution is -2.50. The van der Waals surface area contributed by atoms with Gasteiger partial charge in [-0.15, -0.1) is 0 Å². The van der Waals surface area contributed by atoms with Crippen molar-refractivity contribution in [2.45, 2.75) is 26.7 Å².